The molecule has 0 saturated carbocycles. The van der Waals surface area contributed by atoms with Crippen molar-refractivity contribution in [2.75, 3.05) is 0 Å². The number of hydrogen-bond acceptors (Lipinski definition) is 3. The molecule has 17 heavy (non-hydrogen) atoms. The molecule has 0 aliphatic heterocycles. The van der Waals surface area contributed by atoms with E-state index in [-0.39, 0.29) is 6.04 Å². The van der Waals surface area contributed by atoms with Gasteiger partial charge in [-0.3, -0.25) is 4.98 Å². The highest BCUT2D eigenvalue weighted by molar-refractivity contribution is 5.74. The van der Waals surface area contributed by atoms with E-state index in [4.69, 9.17) is 5.73 Å². The van der Waals surface area contributed by atoms with Crippen LogP contribution in [-0.4, -0.2) is 14.5 Å². The average molecular weight is 232 g/mol. The number of aryl methyl sites for hydroxylation is 1. The van der Waals surface area contributed by atoms with E-state index in [2.05, 4.69) is 28.4 Å². The Labute approximate surface area is 102 Å². The first-order valence-corrected chi connectivity index (χ1v) is 6.33. The van der Waals surface area contributed by atoms with Crippen molar-refractivity contribution in [3.63, 3.8) is 0 Å². The number of imidazole rings is 1. The minimum Gasteiger partial charge on any atom is -0.327 e. The highest BCUT2D eigenvalue weighted by Gasteiger charge is 2.15. The van der Waals surface area contributed by atoms with E-state index in [0.29, 0.717) is 0 Å². The molecule has 1 atom stereocenters. The Hall–Kier alpha value is -1.42. The average Bonchev–Trinajstić information content (AvgIpc) is 2.70. The van der Waals surface area contributed by atoms with Crippen molar-refractivity contribution in [2.24, 2.45) is 5.73 Å². The van der Waals surface area contributed by atoms with Crippen molar-refractivity contribution in [3.8, 4) is 0 Å². The maximum absolute atomic E-state index is 6.20. The molecule has 2 aromatic rings. The Kier molecular flexibility index (Phi) is 3.74. The van der Waals surface area contributed by atoms with E-state index >= 15 is 0 Å². The molecule has 0 fully saturated rings. The topological polar surface area (TPSA) is 56.7 Å². The molecule has 0 saturated heterocycles. The molecular formula is C13H20N4. The van der Waals surface area contributed by atoms with Gasteiger partial charge in [0.25, 0.3) is 0 Å². The number of fused-ring (bicyclic) bond motifs is 1. The number of aromatic nitrogens is 3. The molecule has 0 amide bonds. The Morgan fingerprint density at radius 2 is 2.18 bits per heavy atom. The third-order valence-corrected chi connectivity index (χ3v) is 2.96. The quantitative estimate of drug-likeness (QED) is 0.862. The first-order chi connectivity index (χ1) is 8.27. The molecule has 0 spiro atoms. The van der Waals surface area contributed by atoms with Gasteiger partial charge in [-0.05, 0) is 18.9 Å². The van der Waals surface area contributed by atoms with Gasteiger partial charge in [0.1, 0.15) is 11.3 Å². The van der Waals surface area contributed by atoms with Crippen LogP contribution in [0, 0.1) is 0 Å². The molecule has 2 aromatic heterocycles. The Morgan fingerprint density at radius 3 is 2.88 bits per heavy atom. The molecule has 2 N–H and O–H groups in total. The summed E-state index contributed by atoms with van der Waals surface area (Å²) < 4.78 is 2.23. The Morgan fingerprint density at radius 1 is 1.35 bits per heavy atom. The highest BCUT2D eigenvalue weighted by Crippen LogP contribution is 2.21. The van der Waals surface area contributed by atoms with Gasteiger partial charge in [0.2, 0.25) is 0 Å². The van der Waals surface area contributed by atoms with Crippen molar-refractivity contribution < 1.29 is 0 Å². The van der Waals surface area contributed by atoms with Crippen LogP contribution in [0.3, 0.4) is 0 Å². The summed E-state index contributed by atoms with van der Waals surface area (Å²) in [6.07, 6.45) is 6.75. The van der Waals surface area contributed by atoms with Gasteiger partial charge in [0.15, 0.2) is 0 Å². The maximum Gasteiger partial charge on any atom is 0.126 e. The van der Waals surface area contributed by atoms with Gasteiger partial charge in [-0.1, -0.05) is 20.3 Å². The van der Waals surface area contributed by atoms with Gasteiger partial charge < -0.3 is 10.3 Å². The maximum atomic E-state index is 6.20. The molecule has 92 valence electrons. The van der Waals surface area contributed by atoms with Gasteiger partial charge >= 0.3 is 0 Å². The molecule has 0 radical (unpaired) electrons. The summed E-state index contributed by atoms with van der Waals surface area (Å²) in [5, 5.41) is 0. The third kappa shape index (κ3) is 2.31. The number of nitrogens with zero attached hydrogens (tertiary/aromatic N) is 3. The van der Waals surface area contributed by atoms with Crippen molar-refractivity contribution in [1.29, 1.82) is 0 Å². The lowest BCUT2D eigenvalue weighted by Crippen LogP contribution is -2.16. The van der Waals surface area contributed by atoms with Crippen LogP contribution in [0.4, 0.5) is 0 Å². The Bertz CT molecular complexity index is 489. The number of hydrogen-bond donors (Lipinski definition) is 1. The predicted octanol–water partition coefficient (Wildman–Crippen LogP) is 2.64. The third-order valence-electron chi connectivity index (χ3n) is 2.96. The minimum absolute atomic E-state index is 0.0268. The van der Waals surface area contributed by atoms with Crippen LogP contribution in [0.25, 0.3) is 11.0 Å². The fourth-order valence-electron chi connectivity index (χ4n) is 2.18. The van der Waals surface area contributed by atoms with Crippen molar-refractivity contribution in [2.45, 2.75) is 45.7 Å². The van der Waals surface area contributed by atoms with E-state index in [0.717, 1.165) is 42.7 Å². The summed E-state index contributed by atoms with van der Waals surface area (Å²) >= 11 is 0. The van der Waals surface area contributed by atoms with Gasteiger partial charge in [-0.25, -0.2) is 4.98 Å². The molecule has 0 bridgehead atoms. The van der Waals surface area contributed by atoms with Crippen LogP contribution in [0.15, 0.2) is 18.5 Å². The summed E-state index contributed by atoms with van der Waals surface area (Å²) in [5.41, 5.74) is 8.29. The van der Waals surface area contributed by atoms with Gasteiger partial charge in [0, 0.05) is 12.7 Å². The molecule has 0 aliphatic carbocycles. The summed E-state index contributed by atoms with van der Waals surface area (Å²) in [6, 6.07) is 2.04. The molecular weight excluding hydrogens is 212 g/mol. The number of pyridine rings is 1. The fourth-order valence-corrected chi connectivity index (χ4v) is 2.18. The summed E-state index contributed by atoms with van der Waals surface area (Å²) in [4.78, 5) is 8.74. The number of rotatable bonds is 5. The van der Waals surface area contributed by atoms with Gasteiger partial charge in [0.05, 0.1) is 17.8 Å². The van der Waals surface area contributed by atoms with Crippen molar-refractivity contribution in [3.05, 3.63) is 24.3 Å². The zero-order chi connectivity index (χ0) is 12.3. The summed E-state index contributed by atoms with van der Waals surface area (Å²) in [7, 11) is 0. The summed E-state index contributed by atoms with van der Waals surface area (Å²) in [6.45, 7) is 5.28. The standard InChI is InChI=1S/C13H20N4/c1-3-5-10(14)13-16-11-9-15-7-6-12(11)17(13)8-4-2/h6-7,9-10H,3-5,8,14H2,1-2H3. The van der Waals surface area contributed by atoms with Gasteiger partial charge in [-0.2, -0.15) is 0 Å². The second-order valence-corrected chi connectivity index (χ2v) is 4.38. The molecule has 2 heterocycles. The molecule has 4 heteroatoms. The van der Waals surface area contributed by atoms with Crippen LogP contribution in [-0.2, 0) is 6.54 Å². The SMILES string of the molecule is CCCC(N)c1nc2cnccc2n1CCC. The molecule has 1 unspecified atom stereocenters. The van der Waals surface area contributed by atoms with Crippen molar-refractivity contribution >= 4 is 11.0 Å². The Balaban J connectivity index is 2.49. The first kappa shape index (κ1) is 12.0. The lowest BCUT2D eigenvalue weighted by Gasteiger charge is -2.13. The second-order valence-electron chi connectivity index (χ2n) is 4.38. The zero-order valence-corrected chi connectivity index (χ0v) is 10.6. The molecule has 0 aromatic carbocycles. The lowest BCUT2D eigenvalue weighted by molar-refractivity contribution is 0.552. The fraction of sp³-hybridized carbons (Fsp3) is 0.538. The van der Waals surface area contributed by atoms with E-state index in [9.17, 15) is 0 Å². The van der Waals surface area contributed by atoms with Crippen LogP contribution in [0.5, 0.6) is 0 Å². The zero-order valence-electron chi connectivity index (χ0n) is 10.6. The van der Waals surface area contributed by atoms with E-state index < -0.39 is 0 Å². The largest absolute Gasteiger partial charge is 0.327 e. The van der Waals surface area contributed by atoms with Crippen LogP contribution >= 0.6 is 0 Å². The normalized spacial score (nSPS) is 13.1. The smallest absolute Gasteiger partial charge is 0.126 e. The van der Waals surface area contributed by atoms with E-state index in [1.54, 1.807) is 0 Å². The number of nitrogens with two attached hydrogens (primary N) is 1. The van der Waals surface area contributed by atoms with Crippen molar-refractivity contribution in [1.82, 2.24) is 14.5 Å². The first-order valence-electron chi connectivity index (χ1n) is 6.33. The van der Waals surface area contributed by atoms with E-state index in [1.165, 1.54) is 0 Å². The van der Waals surface area contributed by atoms with Gasteiger partial charge in [-0.15, -0.1) is 0 Å². The van der Waals surface area contributed by atoms with Crippen LogP contribution in [0.2, 0.25) is 0 Å². The predicted molar refractivity (Wildman–Crippen MR) is 69.7 cm³/mol. The monoisotopic (exact) mass is 232 g/mol. The van der Waals surface area contributed by atoms with Crippen LogP contribution in [0.1, 0.15) is 45.0 Å². The molecule has 4 nitrogen and oxygen atoms in total. The molecule has 0 aliphatic rings. The van der Waals surface area contributed by atoms with E-state index in [1.807, 2.05) is 18.5 Å². The summed E-state index contributed by atoms with van der Waals surface area (Å²) in [5.74, 6) is 0.997. The minimum atomic E-state index is 0.0268. The molecule has 2 rings (SSSR count). The highest BCUT2D eigenvalue weighted by atomic mass is 15.1. The lowest BCUT2D eigenvalue weighted by atomic mass is 10.1. The second kappa shape index (κ2) is 5.27. The van der Waals surface area contributed by atoms with Crippen LogP contribution < -0.4 is 5.73 Å².